The number of nitrogens with one attached hydrogen (secondary N) is 1. The summed E-state index contributed by atoms with van der Waals surface area (Å²) in [5.41, 5.74) is 2.46. The van der Waals surface area contributed by atoms with Crippen LogP contribution in [0.25, 0.3) is 0 Å². The molecule has 128 valence electrons. The molecule has 6 heteroatoms. The fraction of sp³-hybridized carbons (Fsp3) is 0.100. The standard InChI is InChI=1S/C20H16N4O2/c1-26-18-8-4-15(5-9-18)11-22-20-23-12-17(13-24-20)19(25)16-6-2-14(10-21)3-7-16/h2-9,12-13H,11H2,1H3,(H,22,23,24). The van der Waals surface area contributed by atoms with Crippen LogP contribution in [0.5, 0.6) is 5.75 Å². The number of carbonyl (C=O) groups is 1. The molecule has 1 heterocycles. The lowest BCUT2D eigenvalue weighted by Gasteiger charge is -2.06. The Labute approximate surface area is 151 Å². The molecular formula is C20H16N4O2. The molecule has 0 bridgehead atoms. The van der Waals surface area contributed by atoms with Crippen LogP contribution >= 0.6 is 0 Å². The molecule has 3 aromatic rings. The quantitative estimate of drug-likeness (QED) is 0.691. The average molecular weight is 344 g/mol. The van der Waals surface area contributed by atoms with Gasteiger partial charge < -0.3 is 10.1 Å². The number of hydrogen-bond acceptors (Lipinski definition) is 6. The summed E-state index contributed by atoms with van der Waals surface area (Å²) >= 11 is 0. The lowest BCUT2D eigenvalue weighted by molar-refractivity contribution is 0.103. The predicted molar refractivity (Wildman–Crippen MR) is 96.9 cm³/mol. The Kier molecular flexibility index (Phi) is 5.20. The number of methoxy groups -OCH3 is 1. The van der Waals surface area contributed by atoms with Gasteiger partial charge in [-0.15, -0.1) is 0 Å². The van der Waals surface area contributed by atoms with E-state index < -0.39 is 0 Å². The molecule has 26 heavy (non-hydrogen) atoms. The Balaban J connectivity index is 1.63. The largest absolute Gasteiger partial charge is 0.497 e. The fourth-order valence-corrected chi connectivity index (χ4v) is 2.32. The van der Waals surface area contributed by atoms with Crippen molar-refractivity contribution in [3.63, 3.8) is 0 Å². The molecule has 1 aromatic heterocycles. The molecule has 6 nitrogen and oxygen atoms in total. The van der Waals surface area contributed by atoms with Crippen LogP contribution in [0, 0.1) is 11.3 Å². The van der Waals surface area contributed by atoms with E-state index in [0.717, 1.165) is 11.3 Å². The van der Waals surface area contributed by atoms with E-state index in [1.54, 1.807) is 31.4 Å². The Morgan fingerprint density at radius 1 is 1.04 bits per heavy atom. The molecular weight excluding hydrogens is 328 g/mol. The van der Waals surface area contributed by atoms with E-state index in [4.69, 9.17) is 10.00 Å². The molecule has 0 amide bonds. The van der Waals surface area contributed by atoms with E-state index in [1.807, 2.05) is 30.3 Å². The molecule has 0 radical (unpaired) electrons. The van der Waals surface area contributed by atoms with E-state index in [-0.39, 0.29) is 5.78 Å². The molecule has 0 saturated carbocycles. The minimum absolute atomic E-state index is 0.184. The summed E-state index contributed by atoms with van der Waals surface area (Å²) in [6.07, 6.45) is 2.98. The van der Waals surface area contributed by atoms with Crippen LogP contribution in [0.4, 0.5) is 5.95 Å². The summed E-state index contributed by atoms with van der Waals surface area (Å²) in [4.78, 5) is 20.8. The molecule has 1 N–H and O–H groups in total. The van der Waals surface area contributed by atoms with E-state index in [0.29, 0.717) is 29.2 Å². The lowest BCUT2D eigenvalue weighted by Crippen LogP contribution is -2.07. The highest BCUT2D eigenvalue weighted by Crippen LogP contribution is 2.13. The van der Waals surface area contributed by atoms with Crippen molar-refractivity contribution in [1.82, 2.24) is 9.97 Å². The van der Waals surface area contributed by atoms with Gasteiger partial charge in [0, 0.05) is 24.5 Å². The molecule has 0 unspecified atom stereocenters. The normalized spacial score (nSPS) is 10.0. The Hall–Kier alpha value is -3.72. The van der Waals surface area contributed by atoms with Gasteiger partial charge in [-0.2, -0.15) is 5.26 Å². The van der Waals surface area contributed by atoms with Crippen molar-refractivity contribution in [1.29, 1.82) is 5.26 Å². The first kappa shape index (κ1) is 17.1. The molecule has 3 rings (SSSR count). The summed E-state index contributed by atoms with van der Waals surface area (Å²) in [5, 5.41) is 11.9. The Morgan fingerprint density at radius 2 is 1.69 bits per heavy atom. The highest BCUT2D eigenvalue weighted by Gasteiger charge is 2.10. The van der Waals surface area contributed by atoms with Gasteiger partial charge >= 0.3 is 0 Å². The van der Waals surface area contributed by atoms with Gasteiger partial charge in [0.05, 0.1) is 24.3 Å². The van der Waals surface area contributed by atoms with Crippen molar-refractivity contribution >= 4 is 11.7 Å². The summed E-state index contributed by atoms with van der Waals surface area (Å²) in [6, 6.07) is 16.2. The van der Waals surface area contributed by atoms with Crippen LogP contribution in [0.15, 0.2) is 60.9 Å². The fourth-order valence-electron chi connectivity index (χ4n) is 2.32. The van der Waals surface area contributed by atoms with Gasteiger partial charge in [-0.25, -0.2) is 9.97 Å². The van der Waals surface area contributed by atoms with Crippen LogP contribution in [0.3, 0.4) is 0 Å². The first-order chi connectivity index (χ1) is 12.7. The number of benzene rings is 2. The second kappa shape index (κ2) is 7.90. The van der Waals surface area contributed by atoms with Crippen molar-refractivity contribution in [3.05, 3.63) is 83.2 Å². The van der Waals surface area contributed by atoms with Crippen molar-refractivity contribution in [2.45, 2.75) is 6.54 Å². The summed E-state index contributed by atoms with van der Waals surface area (Å²) in [6.45, 7) is 0.562. The monoisotopic (exact) mass is 344 g/mol. The number of ether oxygens (including phenoxy) is 1. The third-order valence-corrected chi connectivity index (χ3v) is 3.80. The van der Waals surface area contributed by atoms with Crippen LogP contribution in [0.1, 0.15) is 27.0 Å². The van der Waals surface area contributed by atoms with E-state index in [9.17, 15) is 4.79 Å². The number of hydrogen-bond donors (Lipinski definition) is 1. The number of nitrogens with zero attached hydrogens (tertiary/aromatic N) is 3. The Morgan fingerprint density at radius 3 is 2.27 bits per heavy atom. The average Bonchev–Trinajstić information content (AvgIpc) is 2.72. The van der Waals surface area contributed by atoms with Gasteiger partial charge in [0.25, 0.3) is 0 Å². The topological polar surface area (TPSA) is 87.9 Å². The van der Waals surface area contributed by atoms with E-state index in [2.05, 4.69) is 15.3 Å². The maximum absolute atomic E-state index is 12.4. The van der Waals surface area contributed by atoms with Crippen LogP contribution < -0.4 is 10.1 Å². The smallest absolute Gasteiger partial charge is 0.222 e. The number of aromatic nitrogens is 2. The van der Waals surface area contributed by atoms with Gasteiger partial charge in [0.15, 0.2) is 5.78 Å². The van der Waals surface area contributed by atoms with Crippen molar-refractivity contribution in [2.24, 2.45) is 0 Å². The molecule has 0 spiro atoms. The van der Waals surface area contributed by atoms with Gasteiger partial charge in [-0.3, -0.25) is 4.79 Å². The minimum atomic E-state index is -0.184. The van der Waals surface area contributed by atoms with Crippen molar-refractivity contribution in [3.8, 4) is 11.8 Å². The van der Waals surface area contributed by atoms with Crippen LogP contribution in [0.2, 0.25) is 0 Å². The highest BCUT2D eigenvalue weighted by molar-refractivity contribution is 6.08. The maximum Gasteiger partial charge on any atom is 0.222 e. The molecule has 0 aliphatic carbocycles. The van der Waals surface area contributed by atoms with Gasteiger partial charge in [-0.1, -0.05) is 12.1 Å². The lowest BCUT2D eigenvalue weighted by atomic mass is 10.0. The van der Waals surface area contributed by atoms with E-state index in [1.165, 1.54) is 12.4 Å². The number of ketones is 1. The van der Waals surface area contributed by atoms with E-state index >= 15 is 0 Å². The SMILES string of the molecule is COc1ccc(CNc2ncc(C(=O)c3ccc(C#N)cc3)cn2)cc1. The third-order valence-electron chi connectivity index (χ3n) is 3.80. The molecule has 2 aromatic carbocycles. The Bertz CT molecular complexity index is 928. The number of carbonyl (C=O) groups excluding carboxylic acids is 1. The first-order valence-electron chi connectivity index (χ1n) is 7.93. The highest BCUT2D eigenvalue weighted by atomic mass is 16.5. The molecule has 0 aliphatic rings. The minimum Gasteiger partial charge on any atom is -0.497 e. The van der Waals surface area contributed by atoms with Crippen molar-refractivity contribution in [2.75, 3.05) is 12.4 Å². The zero-order valence-corrected chi connectivity index (χ0v) is 14.1. The summed E-state index contributed by atoms with van der Waals surface area (Å²) in [7, 11) is 1.63. The number of nitriles is 1. The van der Waals surface area contributed by atoms with Gasteiger partial charge in [0.1, 0.15) is 5.75 Å². The first-order valence-corrected chi connectivity index (χ1v) is 7.93. The molecule has 0 saturated heterocycles. The zero-order valence-electron chi connectivity index (χ0n) is 14.1. The molecule has 0 aliphatic heterocycles. The summed E-state index contributed by atoms with van der Waals surface area (Å²) in [5.74, 6) is 1.06. The van der Waals surface area contributed by atoms with Crippen LogP contribution in [-0.2, 0) is 6.54 Å². The maximum atomic E-state index is 12.4. The third kappa shape index (κ3) is 4.02. The molecule has 0 atom stereocenters. The summed E-state index contributed by atoms with van der Waals surface area (Å²) < 4.78 is 5.12. The second-order valence-electron chi connectivity index (χ2n) is 5.52. The van der Waals surface area contributed by atoms with Gasteiger partial charge in [0.2, 0.25) is 5.95 Å². The number of rotatable bonds is 6. The number of anilines is 1. The molecule has 0 fully saturated rings. The second-order valence-corrected chi connectivity index (χ2v) is 5.52. The zero-order chi connectivity index (χ0) is 18.4. The van der Waals surface area contributed by atoms with Crippen molar-refractivity contribution < 1.29 is 9.53 Å². The predicted octanol–water partition coefficient (Wildman–Crippen LogP) is 3.20. The van der Waals surface area contributed by atoms with Crippen LogP contribution in [-0.4, -0.2) is 22.9 Å². The van der Waals surface area contributed by atoms with Gasteiger partial charge in [-0.05, 0) is 42.0 Å².